The van der Waals surface area contributed by atoms with Gasteiger partial charge in [-0.05, 0) is 6.55 Å². The molecule has 0 spiro atoms. The van der Waals surface area contributed by atoms with Crippen molar-refractivity contribution >= 4 is 9.76 Å². The van der Waals surface area contributed by atoms with Gasteiger partial charge in [0.1, 0.15) is 0 Å². The Morgan fingerprint density at radius 2 is 1.75 bits per heavy atom. The number of rotatable bonds is 0. The van der Waals surface area contributed by atoms with Crippen LogP contribution in [0.15, 0.2) is 0 Å². The molecule has 0 bridgehead atoms. The summed E-state index contributed by atoms with van der Waals surface area (Å²) >= 11 is 0. The van der Waals surface area contributed by atoms with Crippen LogP contribution in [0.1, 0.15) is 0 Å². The fourth-order valence-electron chi connectivity index (χ4n) is 0. The van der Waals surface area contributed by atoms with E-state index >= 15 is 0 Å². The molecular weight excluding hydrogens is 145 g/mol. The van der Waals surface area contributed by atoms with Gasteiger partial charge >= 0.3 is 0 Å². The summed E-state index contributed by atoms with van der Waals surface area (Å²) in [6, 6.07) is 0. The van der Waals surface area contributed by atoms with Crippen molar-refractivity contribution in [1.29, 1.82) is 0 Å². The molecule has 4 heavy (non-hydrogen) atoms. The summed E-state index contributed by atoms with van der Waals surface area (Å²) in [4.78, 5) is 7.60. The van der Waals surface area contributed by atoms with Crippen LogP contribution in [0.3, 0.4) is 0 Å². The van der Waals surface area contributed by atoms with Crippen molar-refractivity contribution < 1.29 is 37.5 Å². The van der Waals surface area contributed by atoms with Crippen molar-refractivity contribution in [3.8, 4) is 0 Å². The van der Waals surface area contributed by atoms with E-state index in [4.69, 9.17) is 4.80 Å². The topological polar surface area (TPSA) is 20.2 Å². The van der Waals surface area contributed by atoms with Crippen molar-refractivity contribution in [2.75, 3.05) is 0 Å². The summed E-state index contributed by atoms with van der Waals surface area (Å²) in [6.07, 6.45) is 0. The molecular formula is CH4OSiY. The summed E-state index contributed by atoms with van der Waals surface area (Å²) in [5.74, 6) is 0. The van der Waals surface area contributed by atoms with Crippen molar-refractivity contribution in [3.63, 3.8) is 0 Å². The molecule has 0 aromatic carbocycles. The van der Waals surface area contributed by atoms with E-state index in [1.165, 1.54) is 0 Å². The first-order chi connectivity index (χ1) is 1.41. The summed E-state index contributed by atoms with van der Waals surface area (Å²) in [5, 5.41) is 0. The first-order valence-electron chi connectivity index (χ1n) is 0.724. The molecule has 21 valence electrons. The van der Waals surface area contributed by atoms with E-state index in [0.717, 1.165) is 0 Å². The van der Waals surface area contributed by atoms with Crippen molar-refractivity contribution in [2.45, 2.75) is 6.55 Å². The predicted octanol–water partition coefficient (Wildman–Crippen LogP) is -0.357. The minimum Gasteiger partial charge on any atom is -0.432 e. The molecule has 3 heteroatoms. The Balaban J connectivity index is 0. The molecule has 0 rings (SSSR count). The predicted molar refractivity (Wildman–Crippen MR) is 13.8 cm³/mol. The van der Waals surface area contributed by atoms with Crippen LogP contribution in [-0.4, -0.2) is 14.6 Å². The molecule has 0 atom stereocenters. The molecule has 1 nitrogen and oxygen atoms in total. The summed E-state index contributed by atoms with van der Waals surface area (Å²) in [7, 11) is 0.0833. The first kappa shape index (κ1) is 8.99. The normalized spacial score (nSPS) is 4.50. The van der Waals surface area contributed by atoms with Crippen molar-refractivity contribution in [2.24, 2.45) is 0 Å². The van der Waals surface area contributed by atoms with E-state index < -0.39 is 0 Å². The van der Waals surface area contributed by atoms with Gasteiger partial charge in [-0.1, -0.05) is 0 Å². The summed E-state index contributed by atoms with van der Waals surface area (Å²) < 4.78 is 0. The zero-order valence-electron chi connectivity index (χ0n) is 2.52. The maximum atomic E-state index is 7.60. The van der Waals surface area contributed by atoms with Gasteiger partial charge < -0.3 is 4.80 Å². The zero-order valence-corrected chi connectivity index (χ0v) is 6.36. The molecule has 0 unspecified atom stereocenters. The van der Waals surface area contributed by atoms with Gasteiger partial charge in [0.2, 0.25) is 9.76 Å². The Hall–Kier alpha value is 1.28. The van der Waals surface area contributed by atoms with Gasteiger partial charge in [0.05, 0.1) is 0 Å². The van der Waals surface area contributed by atoms with Crippen LogP contribution >= 0.6 is 0 Å². The second-order valence-corrected chi connectivity index (χ2v) is 0.671. The van der Waals surface area contributed by atoms with Crippen LogP contribution < -0.4 is 0 Å². The molecule has 0 amide bonds. The number of hydrogen-bond donors (Lipinski definition) is 1. The second-order valence-electron chi connectivity index (χ2n) is 0.224. The van der Waals surface area contributed by atoms with E-state index in [1.54, 1.807) is 6.55 Å². The molecule has 0 aliphatic carbocycles. The van der Waals surface area contributed by atoms with Gasteiger partial charge in [-0.25, -0.2) is 0 Å². The van der Waals surface area contributed by atoms with Gasteiger partial charge in [0, 0.05) is 32.7 Å². The monoisotopic (exact) mass is 149 g/mol. The van der Waals surface area contributed by atoms with Gasteiger partial charge in [0.15, 0.2) is 0 Å². The molecule has 0 aromatic rings. The third-order valence-electron chi connectivity index (χ3n) is 0. The van der Waals surface area contributed by atoms with E-state index in [2.05, 4.69) is 0 Å². The standard InChI is InChI=1S/CH4OSi.Y/c1-3-2;/h2H,1H3;. The molecule has 3 radical (unpaired) electrons. The average Bonchev–Trinajstić information content (AvgIpc) is 0.918. The van der Waals surface area contributed by atoms with Crippen LogP contribution in [0, 0.1) is 0 Å². The minimum absolute atomic E-state index is 0. The second kappa shape index (κ2) is 8.86. The molecule has 1 N–H and O–H groups in total. The molecule has 0 heterocycles. The SMILES string of the molecule is C[Si]O.[Y]. The van der Waals surface area contributed by atoms with Crippen LogP contribution in [0.25, 0.3) is 0 Å². The van der Waals surface area contributed by atoms with Gasteiger partial charge in [-0.3, -0.25) is 0 Å². The quantitative estimate of drug-likeness (QED) is 0.466. The fraction of sp³-hybridized carbons (Fsp3) is 1.00. The van der Waals surface area contributed by atoms with E-state index in [9.17, 15) is 0 Å². The molecule has 0 aliphatic heterocycles. The van der Waals surface area contributed by atoms with Crippen molar-refractivity contribution in [3.05, 3.63) is 0 Å². The number of hydrogen-bond acceptors (Lipinski definition) is 1. The van der Waals surface area contributed by atoms with Crippen molar-refractivity contribution in [1.82, 2.24) is 0 Å². The summed E-state index contributed by atoms with van der Waals surface area (Å²) in [6.45, 7) is 1.71. The Kier molecular flexibility index (Phi) is 19.9. The van der Waals surface area contributed by atoms with E-state index in [-0.39, 0.29) is 42.5 Å². The van der Waals surface area contributed by atoms with Crippen LogP contribution in [0.4, 0.5) is 0 Å². The Morgan fingerprint density at radius 3 is 1.75 bits per heavy atom. The Bertz CT molecular complexity index is 8.00. The molecule has 0 fully saturated rings. The van der Waals surface area contributed by atoms with Crippen LogP contribution in [0.5, 0.6) is 0 Å². The third-order valence-corrected chi connectivity index (χ3v) is 0. The van der Waals surface area contributed by atoms with Crippen LogP contribution in [0.2, 0.25) is 6.55 Å². The summed E-state index contributed by atoms with van der Waals surface area (Å²) in [5.41, 5.74) is 0. The van der Waals surface area contributed by atoms with Gasteiger partial charge in [-0.2, -0.15) is 0 Å². The third kappa shape index (κ3) is 10.4. The smallest absolute Gasteiger partial charge is 0.220 e. The van der Waals surface area contributed by atoms with Gasteiger partial charge in [0.25, 0.3) is 0 Å². The van der Waals surface area contributed by atoms with E-state index in [0.29, 0.717) is 0 Å². The van der Waals surface area contributed by atoms with Gasteiger partial charge in [-0.15, -0.1) is 0 Å². The molecule has 0 aromatic heterocycles. The maximum Gasteiger partial charge on any atom is 0.220 e. The Morgan fingerprint density at radius 1 is 1.75 bits per heavy atom. The first-order valence-corrected chi connectivity index (χ1v) is 2.17. The minimum atomic E-state index is 0. The molecule has 0 aliphatic rings. The largest absolute Gasteiger partial charge is 0.432 e. The average molecular weight is 149 g/mol. The molecule has 0 saturated heterocycles. The Labute approximate surface area is 53.6 Å². The van der Waals surface area contributed by atoms with E-state index in [1.807, 2.05) is 0 Å². The van der Waals surface area contributed by atoms with Crippen LogP contribution in [-0.2, 0) is 32.7 Å². The fourth-order valence-corrected chi connectivity index (χ4v) is 0. The molecule has 0 saturated carbocycles. The zero-order chi connectivity index (χ0) is 2.71. The maximum absolute atomic E-state index is 7.60.